The molecule has 1 aromatic rings. The van der Waals surface area contributed by atoms with Crippen LogP contribution in [0.15, 0.2) is 16.8 Å². The summed E-state index contributed by atoms with van der Waals surface area (Å²) in [6.45, 7) is 0. The van der Waals surface area contributed by atoms with Crippen molar-refractivity contribution in [2.24, 2.45) is 11.8 Å². The third-order valence-corrected chi connectivity index (χ3v) is 3.87. The quantitative estimate of drug-likeness (QED) is 0.870. The Balaban J connectivity index is 1.93. The maximum absolute atomic E-state index is 11.9. The molecule has 1 aliphatic rings. The normalized spacial score (nSPS) is 24.2. The van der Waals surface area contributed by atoms with E-state index < -0.39 is 5.97 Å². The van der Waals surface area contributed by atoms with Gasteiger partial charge in [-0.2, -0.15) is 11.3 Å². The Hall–Kier alpha value is -1.36. The lowest BCUT2D eigenvalue weighted by molar-refractivity contribution is -0.143. The zero-order valence-corrected chi connectivity index (χ0v) is 10.2. The molecule has 1 amide bonds. The summed E-state index contributed by atoms with van der Waals surface area (Å²) in [6, 6.07) is 1.85. The van der Waals surface area contributed by atoms with Gasteiger partial charge in [0.25, 0.3) is 0 Å². The summed E-state index contributed by atoms with van der Waals surface area (Å²) >= 11 is 1.52. The highest BCUT2D eigenvalue weighted by atomic mass is 32.1. The predicted octanol–water partition coefficient (Wildman–Crippen LogP) is 2.58. The standard InChI is InChI=1S/C12H15NO3S/c14-11(13-10-4-5-17-7-10)8-2-1-3-9(6-8)12(15)16/h4-5,7-9H,1-3,6H2,(H,13,14)(H,15,16)/t8-,9-/m0/s1. The van der Waals surface area contributed by atoms with E-state index in [9.17, 15) is 9.59 Å². The number of carbonyl (C=O) groups is 2. The van der Waals surface area contributed by atoms with Gasteiger partial charge in [-0.05, 0) is 30.7 Å². The van der Waals surface area contributed by atoms with Gasteiger partial charge >= 0.3 is 5.97 Å². The number of rotatable bonds is 3. The van der Waals surface area contributed by atoms with Gasteiger partial charge in [0.15, 0.2) is 0 Å². The van der Waals surface area contributed by atoms with Crippen molar-refractivity contribution in [3.63, 3.8) is 0 Å². The zero-order chi connectivity index (χ0) is 12.3. The molecule has 92 valence electrons. The van der Waals surface area contributed by atoms with Crippen LogP contribution < -0.4 is 5.32 Å². The number of amides is 1. The molecule has 17 heavy (non-hydrogen) atoms. The second kappa shape index (κ2) is 5.31. The van der Waals surface area contributed by atoms with Crippen molar-refractivity contribution in [3.8, 4) is 0 Å². The predicted molar refractivity (Wildman–Crippen MR) is 66.0 cm³/mol. The van der Waals surface area contributed by atoms with Crippen LogP contribution in [0, 0.1) is 11.8 Å². The van der Waals surface area contributed by atoms with Crippen molar-refractivity contribution in [2.45, 2.75) is 25.7 Å². The Bertz CT molecular complexity index is 402. The van der Waals surface area contributed by atoms with Crippen LogP contribution in [0.1, 0.15) is 25.7 Å². The maximum atomic E-state index is 11.9. The van der Waals surface area contributed by atoms with E-state index in [0.29, 0.717) is 12.8 Å². The molecule has 0 spiro atoms. The summed E-state index contributed by atoms with van der Waals surface area (Å²) in [7, 11) is 0. The summed E-state index contributed by atoms with van der Waals surface area (Å²) in [5, 5.41) is 15.6. The maximum Gasteiger partial charge on any atom is 0.306 e. The smallest absolute Gasteiger partial charge is 0.306 e. The number of thiophene rings is 1. The van der Waals surface area contributed by atoms with Crippen LogP contribution >= 0.6 is 11.3 Å². The Morgan fingerprint density at radius 1 is 1.35 bits per heavy atom. The second-order valence-electron chi connectivity index (χ2n) is 4.40. The molecule has 0 bridgehead atoms. The minimum atomic E-state index is -0.780. The molecule has 2 rings (SSSR count). The fourth-order valence-corrected chi connectivity index (χ4v) is 2.82. The van der Waals surface area contributed by atoms with Gasteiger partial charge in [-0.1, -0.05) is 6.42 Å². The highest BCUT2D eigenvalue weighted by molar-refractivity contribution is 7.08. The number of carboxylic acids is 1. The van der Waals surface area contributed by atoms with Crippen LogP contribution in [0.4, 0.5) is 5.69 Å². The molecule has 1 aliphatic carbocycles. The number of hydrogen-bond donors (Lipinski definition) is 2. The van der Waals surface area contributed by atoms with Crippen molar-refractivity contribution in [1.29, 1.82) is 0 Å². The number of anilines is 1. The van der Waals surface area contributed by atoms with E-state index in [1.165, 1.54) is 11.3 Å². The molecule has 2 atom stereocenters. The highest BCUT2D eigenvalue weighted by Gasteiger charge is 2.30. The van der Waals surface area contributed by atoms with Crippen LogP contribution in [0.25, 0.3) is 0 Å². The van der Waals surface area contributed by atoms with Gasteiger partial charge < -0.3 is 10.4 Å². The molecule has 5 heteroatoms. The summed E-state index contributed by atoms with van der Waals surface area (Å²) in [6.07, 6.45) is 2.77. The average Bonchev–Trinajstić information content (AvgIpc) is 2.82. The lowest BCUT2D eigenvalue weighted by atomic mass is 9.81. The summed E-state index contributed by atoms with van der Waals surface area (Å²) in [4.78, 5) is 22.8. The van der Waals surface area contributed by atoms with Gasteiger partial charge in [-0.25, -0.2) is 0 Å². The van der Waals surface area contributed by atoms with Crippen molar-refractivity contribution in [3.05, 3.63) is 16.8 Å². The number of nitrogens with one attached hydrogen (secondary N) is 1. The topological polar surface area (TPSA) is 66.4 Å². The van der Waals surface area contributed by atoms with Crippen molar-refractivity contribution in [2.75, 3.05) is 5.32 Å². The molecule has 1 saturated carbocycles. The molecule has 4 nitrogen and oxygen atoms in total. The van der Waals surface area contributed by atoms with E-state index in [2.05, 4.69) is 5.32 Å². The van der Waals surface area contributed by atoms with Crippen LogP contribution in [-0.2, 0) is 9.59 Å². The van der Waals surface area contributed by atoms with Gasteiger partial charge in [-0.15, -0.1) is 0 Å². The van der Waals surface area contributed by atoms with Crippen LogP contribution in [0.3, 0.4) is 0 Å². The van der Waals surface area contributed by atoms with Crippen LogP contribution in [0.2, 0.25) is 0 Å². The molecule has 1 heterocycles. The van der Waals surface area contributed by atoms with Gasteiger partial charge in [0.05, 0.1) is 11.6 Å². The average molecular weight is 253 g/mol. The van der Waals surface area contributed by atoms with Crippen molar-refractivity contribution >= 4 is 28.9 Å². The lowest BCUT2D eigenvalue weighted by Crippen LogP contribution is -2.30. The second-order valence-corrected chi connectivity index (χ2v) is 5.18. The first-order chi connectivity index (χ1) is 8.16. The van der Waals surface area contributed by atoms with E-state index >= 15 is 0 Å². The molecule has 0 aliphatic heterocycles. The Kier molecular flexibility index (Phi) is 3.78. The van der Waals surface area contributed by atoms with E-state index in [1.54, 1.807) is 0 Å². The van der Waals surface area contributed by atoms with Gasteiger partial charge in [0.2, 0.25) is 5.91 Å². The third-order valence-electron chi connectivity index (χ3n) is 3.18. The first-order valence-electron chi connectivity index (χ1n) is 5.72. The molecule has 1 aromatic heterocycles. The Morgan fingerprint density at radius 3 is 2.76 bits per heavy atom. The first kappa shape index (κ1) is 12.1. The minimum absolute atomic E-state index is 0.0469. The zero-order valence-electron chi connectivity index (χ0n) is 9.39. The summed E-state index contributed by atoms with van der Waals surface area (Å²) < 4.78 is 0. The number of carbonyl (C=O) groups excluding carboxylic acids is 1. The molecular weight excluding hydrogens is 238 g/mol. The minimum Gasteiger partial charge on any atom is -0.481 e. The van der Waals surface area contributed by atoms with Gasteiger partial charge in [0, 0.05) is 11.3 Å². The van der Waals surface area contributed by atoms with E-state index in [4.69, 9.17) is 5.11 Å². The molecule has 2 N–H and O–H groups in total. The Morgan fingerprint density at radius 2 is 2.12 bits per heavy atom. The molecule has 0 radical (unpaired) electrons. The molecule has 0 saturated heterocycles. The SMILES string of the molecule is O=C(O)[C@H]1CCC[C@H](C(=O)Nc2ccsc2)C1. The molecule has 0 aromatic carbocycles. The van der Waals surface area contributed by atoms with Crippen LogP contribution in [0.5, 0.6) is 0 Å². The van der Waals surface area contributed by atoms with Crippen LogP contribution in [-0.4, -0.2) is 17.0 Å². The fourth-order valence-electron chi connectivity index (χ4n) is 2.23. The highest BCUT2D eigenvalue weighted by Crippen LogP contribution is 2.30. The molecule has 0 unspecified atom stereocenters. The number of aliphatic carboxylic acids is 1. The Labute approximate surface area is 104 Å². The number of carboxylic acid groups (broad SMARTS) is 1. The molecule has 1 fully saturated rings. The van der Waals surface area contributed by atoms with Crippen molar-refractivity contribution in [1.82, 2.24) is 0 Å². The first-order valence-corrected chi connectivity index (χ1v) is 6.67. The lowest BCUT2D eigenvalue weighted by Gasteiger charge is -2.25. The van der Waals surface area contributed by atoms with E-state index in [1.807, 2.05) is 16.8 Å². The summed E-state index contributed by atoms with van der Waals surface area (Å²) in [5.74, 6) is -1.35. The fraction of sp³-hybridized carbons (Fsp3) is 0.500. The largest absolute Gasteiger partial charge is 0.481 e. The van der Waals surface area contributed by atoms with E-state index in [0.717, 1.165) is 18.5 Å². The van der Waals surface area contributed by atoms with E-state index in [-0.39, 0.29) is 17.7 Å². The summed E-state index contributed by atoms with van der Waals surface area (Å²) in [5.41, 5.74) is 0.803. The monoisotopic (exact) mass is 253 g/mol. The van der Waals surface area contributed by atoms with Crippen molar-refractivity contribution < 1.29 is 14.7 Å². The third kappa shape index (κ3) is 3.06. The molecular formula is C12H15NO3S. The van der Waals surface area contributed by atoms with Gasteiger partial charge in [0.1, 0.15) is 0 Å². The number of hydrogen-bond acceptors (Lipinski definition) is 3. The van der Waals surface area contributed by atoms with Gasteiger partial charge in [-0.3, -0.25) is 9.59 Å².